The van der Waals surface area contributed by atoms with Gasteiger partial charge >= 0.3 is 0 Å². The van der Waals surface area contributed by atoms with Gasteiger partial charge in [-0.15, -0.1) is 11.3 Å². The Bertz CT molecular complexity index is 681. The Morgan fingerprint density at radius 3 is 2.59 bits per heavy atom. The summed E-state index contributed by atoms with van der Waals surface area (Å²) in [5.74, 6) is 2.09. The molecular weight excluding hydrogens is 308 g/mol. The van der Waals surface area contributed by atoms with Crippen molar-refractivity contribution in [1.82, 2.24) is 4.98 Å². The molecule has 0 aliphatic carbocycles. The van der Waals surface area contributed by atoms with E-state index in [9.17, 15) is 0 Å². The molecule has 0 amide bonds. The van der Waals surface area contributed by atoms with Gasteiger partial charge in [0.2, 0.25) is 0 Å². The van der Waals surface area contributed by atoms with Gasteiger partial charge in [0, 0.05) is 28.3 Å². The van der Waals surface area contributed by atoms with Crippen LogP contribution in [-0.4, -0.2) is 4.98 Å². The minimum absolute atomic E-state index is 0.839. The quantitative estimate of drug-likeness (QED) is 0.647. The fourth-order valence-electron chi connectivity index (χ4n) is 2.15. The third-order valence-electron chi connectivity index (χ3n) is 3.26. The zero-order valence-corrected chi connectivity index (χ0v) is 13.9. The molecule has 0 aliphatic rings. The van der Waals surface area contributed by atoms with E-state index < -0.39 is 0 Å². The summed E-state index contributed by atoms with van der Waals surface area (Å²) in [6.07, 6.45) is 1.91. The first kappa shape index (κ1) is 15.1. The average molecular weight is 326 g/mol. The molecule has 0 atom stereocenters. The van der Waals surface area contributed by atoms with Crippen LogP contribution < -0.4 is 5.32 Å². The van der Waals surface area contributed by atoms with Crippen molar-refractivity contribution in [3.05, 3.63) is 82.3 Å². The van der Waals surface area contributed by atoms with Gasteiger partial charge in [-0.3, -0.25) is 4.98 Å². The predicted molar refractivity (Wildman–Crippen MR) is 97.3 cm³/mol. The monoisotopic (exact) mass is 326 g/mol. The van der Waals surface area contributed by atoms with E-state index >= 15 is 0 Å². The van der Waals surface area contributed by atoms with Gasteiger partial charge in [0.15, 0.2) is 0 Å². The molecule has 3 rings (SSSR count). The van der Waals surface area contributed by atoms with Crippen LogP contribution in [0, 0.1) is 0 Å². The van der Waals surface area contributed by atoms with Crippen LogP contribution in [0.3, 0.4) is 0 Å². The summed E-state index contributed by atoms with van der Waals surface area (Å²) in [5, 5.41) is 3.46. The van der Waals surface area contributed by atoms with E-state index in [1.54, 1.807) is 11.3 Å². The van der Waals surface area contributed by atoms with Crippen LogP contribution >= 0.6 is 23.1 Å². The topological polar surface area (TPSA) is 24.9 Å². The molecule has 1 N–H and O–H groups in total. The summed E-state index contributed by atoms with van der Waals surface area (Å²) in [6.45, 7) is 0.839. The van der Waals surface area contributed by atoms with Gasteiger partial charge in [-0.05, 0) is 23.3 Å². The van der Waals surface area contributed by atoms with Crippen LogP contribution in [0.25, 0.3) is 0 Å². The number of hydrogen-bond donors (Lipinski definition) is 1. The fourth-order valence-corrected chi connectivity index (χ4v) is 3.63. The van der Waals surface area contributed by atoms with E-state index in [-0.39, 0.29) is 0 Å². The van der Waals surface area contributed by atoms with E-state index in [1.807, 2.05) is 23.5 Å². The molecule has 2 nitrogen and oxygen atoms in total. The molecule has 0 saturated heterocycles. The Kier molecular flexibility index (Phi) is 5.51. The van der Waals surface area contributed by atoms with Crippen molar-refractivity contribution in [2.45, 2.75) is 18.1 Å². The van der Waals surface area contributed by atoms with Crippen LogP contribution in [0.5, 0.6) is 0 Å². The minimum Gasteiger partial charge on any atom is -0.380 e. The number of thioether (sulfide) groups is 1. The van der Waals surface area contributed by atoms with Gasteiger partial charge in [0.1, 0.15) is 0 Å². The Labute approximate surface area is 139 Å². The second-order valence-electron chi connectivity index (χ2n) is 5.00. The van der Waals surface area contributed by atoms with Crippen molar-refractivity contribution in [3.63, 3.8) is 0 Å². The standard InChI is InChI=1S/C18H18N2S2/c1-2-5-15(6-3-1)12-21-13-16-7-4-8-17(9-16)20-11-18-10-19-14-22-18/h1-10,14,20H,11-13H2. The molecule has 0 aliphatic heterocycles. The van der Waals surface area contributed by atoms with Crippen molar-refractivity contribution in [2.75, 3.05) is 5.32 Å². The number of aromatic nitrogens is 1. The van der Waals surface area contributed by atoms with Crippen molar-refractivity contribution in [2.24, 2.45) is 0 Å². The van der Waals surface area contributed by atoms with Gasteiger partial charge in [-0.2, -0.15) is 11.8 Å². The van der Waals surface area contributed by atoms with Crippen LogP contribution in [0.1, 0.15) is 16.0 Å². The molecule has 0 unspecified atom stereocenters. The molecule has 0 spiro atoms. The predicted octanol–water partition coefficient (Wildman–Crippen LogP) is 5.19. The second-order valence-corrected chi connectivity index (χ2v) is 6.96. The van der Waals surface area contributed by atoms with Crippen LogP contribution in [0.4, 0.5) is 5.69 Å². The van der Waals surface area contributed by atoms with Gasteiger partial charge in [-0.1, -0.05) is 42.5 Å². The molecule has 0 saturated carbocycles. The van der Waals surface area contributed by atoms with E-state index in [2.05, 4.69) is 64.9 Å². The van der Waals surface area contributed by atoms with Crippen molar-refractivity contribution in [1.29, 1.82) is 0 Å². The number of nitrogens with one attached hydrogen (secondary N) is 1. The lowest BCUT2D eigenvalue weighted by molar-refractivity contribution is 1.17. The van der Waals surface area contributed by atoms with E-state index in [4.69, 9.17) is 0 Å². The van der Waals surface area contributed by atoms with Gasteiger partial charge < -0.3 is 5.32 Å². The Morgan fingerprint density at radius 1 is 0.955 bits per heavy atom. The normalized spacial score (nSPS) is 10.5. The molecule has 0 bridgehead atoms. The first-order chi connectivity index (χ1) is 10.9. The Balaban J connectivity index is 1.50. The van der Waals surface area contributed by atoms with E-state index in [1.165, 1.54) is 21.7 Å². The molecule has 22 heavy (non-hydrogen) atoms. The average Bonchev–Trinajstić information content (AvgIpc) is 3.08. The zero-order valence-electron chi connectivity index (χ0n) is 12.2. The minimum atomic E-state index is 0.839. The first-order valence-electron chi connectivity index (χ1n) is 7.22. The first-order valence-corrected chi connectivity index (χ1v) is 9.25. The molecule has 1 heterocycles. The largest absolute Gasteiger partial charge is 0.380 e. The van der Waals surface area contributed by atoms with Crippen LogP contribution in [0.15, 0.2) is 66.3 Å². The molecule has 0 fully saturated rings. The summed E-state index contributed by atoms with van der Waals surface area (Å²) in [5.41, 5.74) is 5.78. The summed E-state index contributed by atoms with van der Waals surface area (Å²) < 4.78 is 0. The SMILES string of the molecule is c1ccc(CSCc2cccc(NCc3cncs3)c2)cc1. The smallest absolute Gasteiger partial charge is 0.0794 e. The Morgan fingerprint density at radius 2 is 1.77 bits per heavy atom. The molecule has 2 aromatic carbocycles. The number of benzene rings is 2. The highest BCUT2D eigenvalue weighted by atomic mass is 32.2. The molecular formula is C18H18N2S2. The third-order valence-corrected chi connectivity index (χ3v) is 5.11. The number of rotatable bonds is 7. The van der Waals surface area contributed by atoms with Crippen LogP contribution in [0.2, 0.25) is 0 Å². The van der Waals surface area contributed by atoms with Crippen molar-refractivity contribution >= 4 is 28.8 Å². The summed E-state index contributed by atoms with van der Waals surface area (Å²) >= 11 is 3.63. The lowest BCUT2D eigenvalue weighted by Gasteiger charge is -2.07. The number of hydrogen-bond acceptors (Lipinski definition) is 4. The molecule has 112 valence electrons. The molecule has 0 radical (unpaired) electrons. The van der Waals surface area contributed by atoms with E-state index in [0.717, 1.165) is 18.1 Å². The maximum absolute atomic E-state index is 4.10. The van der Waals surface area contributed by atoms with Crippen molar-refractivity contribution < 1.29 is 0 Å². The van der Waals surface area contributed by atoms with Crippen LogP contribution in [-0.2, 0) is 18.1 Å². The highest BCUT2D eigenvalue weighted by Crippen LogP contribution is 2.20. The third kappa shape index (κ3) is 4.61. The lowest BCUT2D eigenvalue weighted by Crippen LogP contribution is -1.97. The van der Waals surface area contributed by atoms with E-state index in [0.29, 0.717) is 0 Å². The number of thiazole rings is 1. The lowest BCUT2D eigenvalue weighted by atomic mass is 10.2. The molecule has 3 aromatic rings. The van der Waals surface area contributed by atoms with Gasteiger partial charge in [-0.25, -0.2) is 0 Å². The summed E-state index contributed by atoms with van der Waals surface area (Å²) in [6, 6.07) is 19.3. The Hall–Kier alpha value is -1.78. The molecule has 4 heteroatoms. The molecule has 1 aromatic heterocycles. The maximum atomic E-state index is 4.10. The zero-order chi connectivity index (χ0) is 15.0. The van der Waals surface area contributed by atoms with Gasteiger partial charge in [0.25, 0.3) is 0 Å². The maximum Gasteiger partial charge on any atom is 0.0794 e. The second kappa shape index (κ2) is 8.01. The summed E-state index contributed by atoms with van der Waals surface area (Å²) in [7, 11) is 0. The number of nitrogens with zero attached hydrogens (tertiary/aromatic N) is 1. The number of anilines is 1. The van der Waals surface area contributed by atoms with Crippen molar-refractivity contribution in [3.8, 4) is 0 Å². The highest BCUT2D eigenvalue weighted by molar-refractivity contribution is 7.97. The van der Waals surface area contributed by atoms with Gasteiger partial charge in [0.05, 0.1) is 12.1 Å². The fraction of sp³-hybridized carbons (Fsp3) is 0.167. The highest BCUT2D eigenvalue weighted by Gasteiger charge is 1.99. The summed E-state index contributed by atoms with van der Waals surface area (Å²) in [4.78, 5) is 5.35.